The van der Waals surface area contributed by atoms with Gasteiger partial charge >= 0.3 is 0 Å². The quantitative estimate of drug-likeness (QED) is 0.693. The highest BCUT2D eigenvalue weighted by molar-refractivity contribution is 7.89. The van der Waals surface area contributed by atoms with Gasteiger partial charge < -0.3 is 14.9 Å². The van der Waals surface area contributed by atoms with Crippen LogP contribution in [0.25, 0.3) is 0 Å². The number of nitrogens with one attached hydrogen (secondary N) is 3. The Morgan fingerprint density at radius 1 is 1.42 bits per heavy atom. The number of hydrogen-bond acceptors (Lipinski definition) is 4. The van der Waals surface area contributed by atoms with Crippen LogP contribution in [0.5, 0.6) is 0 Å². The number of aryl methyl sites for hydroxylation is 1. The summed E-state index contributed by atoms with van der Waals surface area (Å²) in [6.07, 6.45) is 4.69. The van der Waals surface area contributed by atoms with Gasteiger partial charge in [-0.1, -0.05) is 0 Å². The Kier molecular flexibility index (Phi) is 4.03. The van der Waals surface area contributed by atoms with Crippen LogP contribution in [-0.4, -0.2) is 30.0 Å². The third kappa shape index (κ3) is 3.22. The molecule has 8 heteroatoms. The van der Waals surface area contributed by atoms with Gasteiger partial charge in [0.15, 0.2) is 0 Å². The molecule has 19 heavy (non-hydrogen) atoms. The van der Waals surface area contributed by atoms with E-state index in [9.17, 15) is 8.42 Å². The van der Waals surface area contributed by atoms with E-state index in [0.29, 0.717) is 6.54 Å². The van der Waals surface area contributed by atoms with Gasteiger partial charge in [0.2, 0.25) is 10.0 Å². The van der Waals surface area contributed by atoms with Gasteiger partial charge in [-0.2, -0.15) is 0 Å². The van der Waals surface area contributed by atoms with Crippen molar-refractivity contribution in [3.8, 4) is 0 Å². The fourth-order valence-electron chi connectivity index (χ4n) is 1.72. The van der Waals surface area contributed by atoms with E-state index in [2.05, 4.69) is 20.0 Å². The maximum atomic E-state index is 12.1. The van der Waals surface area contributed by atoms with Crippen LogP contribution in [0.4, 0.5) is 0 Å². The van der Waals surface area contributed by atoms with Crippen LogP contribution in [0.3, 0.4) is 0 Å². The average Bonchev–Trinajstić information content (AvgIpc) is 2.98. The number of H-pyrrole nitrogens is 1. The molecule has 2 rings (SSSR count). The Morgan fingerprint density at radius 2 is 2.21 bits per heavy atom. The van der Waals surface area contributed by atoms with Gasteiger partial charge in [0.05, 0.1) is 17.8 Å². The molecule has 0 aromatic carbocycles. The van der Waals surface area contributed by atoms with Crippen LogP contribution >= 0.6 is 0 Å². The predicted molar refractivity (Wildman–Crippen MR) is 70.8 cm³/mol. The van der Waals surface area contributed by atoms with Crippen molar-refractivity contribution < 1.29 is 8.42 Å². The van der Waals surface area contributed by atoms with Crippen LogP contribution in [-0.2, 0) is 30.2 Å². The maximum Gasteiger partial charge on any atom is 0.242 e. The summed E-state index contributed by atoms with van der Waals surface area (Å²) in [4.78, 5) is 6.94. The highest BCUT2D eigenvalue weighted by Gasteiger charge is 2.17. The number of imidazole rings is 1. The summed E-state index contributed by atoms with van der Waals surface area (Å²) in [6.45, 7) is 0.811. The van der Waals surface area contributed by atoms with E-state index in [1.165, 1.54) is 6.33 Å². The minimum absolute atomic E-state index is 0.193. The standard InChI is InChI=1S/C11H17N5O2S/c1-12-6-10-3-11(7-16(10)2)19(17,18)15-5-9-4-13-8-14-9/h3-4,7-8,12,15H,5-6H2,1-2H3,(H,13,14). The molecule has 2 heterocycles. The molecule has 0 saturated carbocycles. The number of rotatable bonds is 6. The van der Waals surface area contributed by atoms with E-state index >= 15 is 0 Å². The van der Waals surface area contributed by atoms with E-state index in [1.807, 2.05) is 14.1 Å². The number of aromatic amines is 1. The summed E-state index contributed by atoms with van der Waals surface area (Å²) in [5.74, 6) is 0. The summed E-state index contributed by atoms with van der Waals surface area (Å²) in [6, 6.07) is 1.66. The molecular weight excluding hydrogens is 266 g/mol. The number of sulfonamides is 1. The first kappa shape index (κ1) is 13.8. The molecule has 0 fully saturated rings. The maximum absolute atomic E-state index is 12.1. The first-order valence-corrected chi connectivity index (χ1v) is 7.28. The zero-order valence-corrected chi connectivity index (χ0v) is 11.7. The predicted octanol–water partition coefficient (Wildman–Crippen LogP) is -0.0539. The first-order chi connectivity index (χ1) is 9.03. The molecule has 3 N–H and O–H groups in total. The van der Waals surface area contributed by atoms with Crippen molar-refractivity contribution in [1.29, 1.82) is 0 Å². The third-order valence-electron chi connectivity index (χ3n) is 2.76. The van der Waals surface area contributed by atoms with E-state index in [1.54, 1.807) is 23.0 Å². The number of hydrogen-bond donors (Lipinski definition) is 3. The average molecular weight is 283 g/mol. The van der Waals surface area contributed by atoms with Crippen LogP contribution < -0.4 is 10.0 Å². The van der Waals surface area contributed by atoms with Crippen molar-refractivity contribution in [2.45, 2.75) is 18.0 Å². The Labute approximate surface area is 112 Å². The Bertz CT molecular complexity index is 630. The lowest BCUT2D eigenvalue weighted by atomic mass is 10.4. The van der Waals surface area contributed by atoms with Crippen LogP contribution in [0.2, 0.25) is 0 Å². The molecule has 0 aliphatic carbocycles. The van der Waals surface area contributed by atoms with Crippen molar-refractivity contribution in [3.63, 3.8) is 0 Å². The molecular formula is C11H17N5O2S. The second kappa shape index (κ2) is 5.55. The summed E-state index contributed by atoms with van der Waals surface area (Å²) in [7, 11) is 0.134. The molecule has 0 spiro atoms. The molecule has 2 aromatic rings. The molecule has 104 valence electrons. The molecule has 2 aromatic heterocycles. The summed E-state index contributed by atoms with van der Waals surface area (Å²) >= 11 is 0. The van der Waals surface area contributed by atoms with Gasteiger partial charge in [-0.25, -0.2) is 18.1 Å². The van der Waals surface area contributed by atoms with Gasteiger partial charge in [0, 0.05) is 37.4 Å². The van der Waals surface area contributed by atoms with Gasteiger partial charge in [0.25, 0.3) is 0 Å². The molecule has 0 bridgehead atoms. The second-order valence-electron chi connectivity index (χ2n) is 4.21. The summed E-state index contributed by atoms with van der Waals surface area (Å²) < 4.78 is 28.6. The minimum Gasteiger partial charge on any atom is -0.352 e. The third-order valence-corrected chi connectivity index (χ3v) is 4.13. The normalized spacial score (nSPS) is 11.9. The van der Waals surface area contributed by atoms with Crippen molar-refractivity contribution in [2.75, 3.05) is 7.05 Å². The lowest BCUT2D eigenvalue weighted by Crippen LogP contribution is -2.23. The Hall–Kier alpha value is -1.64. The fourth-order valence-corrected chi connectivity index (χ4v) is 2.82. The SMILES string of the molecule is CNCc1cc(S(=O)(=O)NCc2cnc[nH]2)cn1C. The monoisotopic (exact) mass is 283 g/mol. The lowest BCUT2D eigenvalue weighted by Gasteiger charge is -2.02. The molecule has 0 aliphatic rings. The number of nitrogens with zero attached hydrogens (tertiary/aromatic N) is 2. The molecule has 0 radical (unpaired) electrons. The van der Waals surface area contributed by atoms with Gasteiger partial charge in [-0.05, 0) is 13.1 Å². The molecule has 0 amide bonds. The van der Waals surface area contributed by atoms with E-state index in [0.717, 1.165) is 11.4 Å². The zero-order valence-electron chi connectivity index (χ0n) is 10.8. The van der Waals surface area contributed by atoms with E-state index in [-0.39, 0.29) is 11.4 Å². The summed E-state index contributed by atoms with van der Waals surface area (Å²) in [5.41, 5.74) is 1.62. The minimum atomic E-state index is -3.50. The largest absolute Gasteiger partial charge is 0.352 e. The van der Waals surface area contributed by atoms with Crippen molar-refractivity contribution in [3.05, 3.63) is 36.2 Å². The van der Waals surface area contributed by atoms with Gasteiger partial charge in [0.1, 0.15) is 0 Å². The van der Waals surface area contributed by atoms with Crippen LogP contribution in [0, 0.1) is 0 Å². The van der Waals surface area contributed by atoms with Gasteiger partial charge in [-0.3, -0.25) is 0 Å². The second-order valence-corrected chi connectivity index (χ2v) is 5.98. The fraction of sp³-hybridized carbons (Fsp3) is 0.364. The van der Waals surface area contributed by atoms with E-state index < -0.39 is 10.0 Å². The van der Waals surface area contributed by atoms with Crippen molar-refractivity contribution in [2.24, 2.45) is 7.05 Å². The smallest absolute Gasteiger partial charge is 0.242 e. The molecule has 0 aliphatic heterocycles. The Balaban J connectivity index is 2.12. The van der Waals surface area contributed by atoms with Gasteiger partial charge in [-0.15, -0.1) is 0 Å². The zero-order chi connectivity index (χ0) is 13.9. The molecule has 0 unspecified atom stereocenters. The van der Waals surface area contributed by atoms with Crippen LogP contribution in [0.15, 0.2) is 29.7 Å². The topological polar surface area (TPSA) is 91.8 Å². The first-order valence-electron chi connectivity index (χ1n) is 5.79. The van der Waals surface area contributed by atoms with Crippen LogP contribution in [0.1, 0.15) is 11.4 Å². The summed E-state index contributed by atoms with van der Waals surface area (Å²) in [5, 5.41) is 2.99. The highest BCUT2D eigenvalue weighted by atomic mass is 32.2. The Morgan fingerprint density at radius 3 is 2.84 bits per heavy atom. The molecule has 0 atom stereocenters. The molecule has 7 nitrogen and oxygen atoms in total. The van der Waals surface area contributed by atoms with Crippen molar-refractivity contribution >= 4 is 10.0 Å². The molecule has 0 saturated heterocycles. The number of aromatic nitrogens is 3. The van der Waals surface area contributed by atoms with Crippen molar-refractivity contribution in [1.82, 2.24) is 24.6 Å². The lowest BCUT2D eigenvalue weighted by molar-refractivity contribution is 0.580. The highest BCUT2D eigenvalue weighted by Crippen LogP contribution is 2.13. The van der Waals surface area contributed by atoms with E-state index in [4.69, 9.17) is 0 Å².